The van der Waals surface area contributed by atoms with Gasteiger partial charge < -0.3 is 4.74 Å². The van der Waals surface area contributed by atoms with Crippen LogP contribution in [0.2, 0.25) is 0 Å². The standard InChI is InChI=1S/C13H27N3O4S/c1-5-16-9-6-7-12(16)11-15(3)21(18,19)14(2)10-8-13(17)20-4/h12H,5-11H2,1-4H3. The topological polar surface area (TPSA) is 70.2 Å². The smallest absolute Gasteiger partial charge is 0.306 e. The minimum absolute atomic E-state index is 0.0601. The minimum atomic E-state index is -3.53. The Labute approximate surface area is 128 Å². The third-order valence-corrected chi connectivity index (χ3v) is 5.93. The lowest BCUT2D eigenvalue weighted by Crippen LogP contribution is -2.46. The number of ether oxygens (including phenoxy) is 1. The number of hydrogen-bond acceptors (Lipinski definition) is 5. The number of carbonyl (C=O) groups excluding carboxylic acids is 1. The van der Waals surface area contributed by atoms with Crippen molar-refractivity contribution in [2.24, 2.45) is 0 Å². The summed E-state index contributed by atoms with van der Waals surface area (Å²) < 4.78 is 31.9. The zero-order valence-corrected chi connectivity index (χ0v) is 14.2. The fraction of sp³-hybridized carbons (Fsp3) is 0.923. The normalized spacial score (nSPS) is 20.4. The second kappa shape index (κ2) is 8.07. The van der Waals surface area contributed by atoms with E-state index in [1.54, 1.807) is 7.05 Å². The highest BCUT2D eigenvalue weighted by atomic mass is 32.2. The van der Waals surface area contributed by atoms with E-state index in [0.717, 1.165) is 25.9 Å². The molecular formula is C13H27N3O4S. The summed E-state index contributed by atoms with van der Waals surface area (Å²) in [6.07, 6.45) is 2.20. The number of hydrogen-bond donors (Lipinski definition) is 0. The van der Waals surface area contributed by atoms with E-state index in [4.69, 9.17) is 0 Å². The molecule has 0 aromatic rings. The second-order valence-electron chi connectivity index (χ2n) is 5.36. The molecule has 0 bridgehead atoms. The monoisotopic (exact) mass is 321 g/mol. The second-order valence-corrected chi connectivity index (χ2v) is 7.50. The number of esters is 1. The Balaban J connectivity index is 2.57. The molecule has 7 nitrogen and oxygen atoms in total. The molecule has 124 valence electrons. The largest absolute Gasteiger partial charge is 0.469 e. The van der Waals surface area contributed by atoms with Gasteiger partial charge in [-0.15, -0.1) is 0 Å². The van der Waals surface area contributed by atoms with Crippen LogP contribution in [-0.2, 0) is 19.7 Å². The Morgan fingerprint density at radius 1 is 1.33 bits per heavy atom. The van der Waals surface area contributed by atoms with Crippen LogP contribution >= 0.6 is 0 Å². The summed E-state index contributed by atoms with van der Waals surface area (Å²) in [5.41, 5.74) is 0. The van der Waals surface area contributed by atoms with Gasteiger partial charge in [0.25, 0.3) is 10.2 Å². The van der Waals surface area contributed by atoms with Crippen molar-refractivity contribution in [3.63, 3.8) is 0 Å². The predicted molar refractivity (Wildman–Crippen MR) is 81.1 cm³/mol. The van der Waals surface area contributed by atoms with Crippen LogP contribution in [0.25, 0.3) is 0 Å². The fourth-order valence-corrected chi connectivity index (χ4v) is 3.77. The third-order valence-electron chi connectivity index (χ3n) is 4.02. The highest BCUT2D eigenvalue weighted by Crippen LogP contribution is 2.18. The number of likely N-dealkylation sites (tertiary alicyclic amines) is 1. The summed E-state index contributed by atoms with van der Waals surface area (Å²) >= 11 is 0. The van der Waals surface area contributed by atoms with Gasteiger partial charge in [-0.2, -0.15) is 17.0 Å². The van der Waals surface area contributed by atoms with Gasteiger partial charge in [0.05, 0.1) is 13.5 Å². The molecule has 1 heterocycles. The first-order valence-electron chi connectivity index (χ1n) is 7.31. The van der Waals surface area contributed by atoms with Crippen LogP contribution in [0, 0.1) is 0 Å². The zero-order chi connectivity index (χ0) is 16.0. The van der Waals surface area contributed by atoms with Crippen LogP contribution < -0.4 is 0 Å². The summed E-state index contributed by atoms with van der Waals surface area (Å²) in [4.78, 5) is 13.4. The summed E-state index contributed by atoms with van der Waals surface area (Å²) in [7, 11) is 0.845. The van der Waals surface area contributed by atoms with Crippen LogP contribution in [0.3, 0.4) is 0 Å². The van der Waals surface area contributed by atoms with Crippen molar-refractivity contribution >= 4 is 16.2 Å². The number of likely N-dealkylation sites (N-methyl/N-ethyl adjacent to an activating group) is 2. The van der Waals surface area contributed by atoms with Crippen LogP contribution in [0.1, 0.15) is 26.2 Å². The fourth-order valence-electron chi connectivity index (χ4n) is 2.61. The van der Waals surface area contributed by atoms with Gasteiger partial charge in [0.1, 0.15) is 0 Å². The molecule has 0 spiro atoms. The maximum atomic E-state index is 12.4. The number of nitrogens with zero attached hydrogens (tertiary/aromatic N) is 3. The number of rotatable bonds is 8. The van der Waals surface area contributed by atoms with Crippen LogP contribution in [-0.4, -0.2) is 81.3 Å². The summed E-state index contributed by atoms with van der Waals surface area (Å²) in [5.74, 6) is -0.410. The molecular weight excluding hydrogens is 294 g/mol. The van der Waals surface area contributed by atoms with Crippen molar-refractivity contribution in [2.75, 3.05) is 47.4 Å². The SMILES string of the molecule is CCN1CCCC1CN(C)S(=O)(=O)N(C)CCC(=O)OC. The third kappa shape index (κ3) is 4.91. The Hall–Kier alpha value is -0.700. The van der Waals surface area contributed by atoms with E-state index in [-0.39, 0.29) is 19.0 Å². The lowest BCUT2D eigenvalue weighted by atomic mass is 10.2. The lowest BCUT2D eigenvalue weighted by Gasteiger charge is -2.29. The molecule has 0 aliphatic carbocycles. The molecule has 0 aromatic carbocycles. The molecule has 1 fully saturated rings. The van der Waals surface area contributed by atoms with Gasteiger partial charge in [-0.3, -0.25) is 9.69 Å². The molecule has 1 aliphatic heterocycles. The first-order valence-corrected chi connectivity index (χ1v) is 8.71. The zero-order valence-electron chi connectivity index (χ0n) is 13.4. The molecule has 0 radical (unpaired) electrons. The van der Waals surface area contributed by atoms with Crippen LogP contribution in [0.5, 0.6) is 0 Å². The number of carbonyl (C=O) groups is 1. The molecule has 0 amide bonds. The minimum Gasteiger partial charge on any atom is -0.469 e. The molecule has 1 aliphatic rings. The van der Waals surface area contributed by atoms with Crippen molar-refractivity contribution in [1.29, 1.82) is 0 Å². The van der Waals surface area contributed by atoms with E-state index in [1.165, 1.54) is 22.8 Å². The van der Waals surface area contributed by atoms with Gasteiger partial charge in [0.15, 0.2) is 0 Å². The first-order chi connectivity index (χ1) is 9.82. The molecule has 21 heavy (non-hydrogen) atoms. The van der Waals surface area contributed by atoms with Crippen LogP contribution in [0.4, 0.5) is 0 Å². The van der Waals surface area contributed by atoms with Crippen molar-refractivity contribution in [3.8, 4) is 0 Å². The maximum Gasteiger partial charge on any atom is 0.306 e. The molecule has 0 saturated carbocycles. The molecule has 0 aromatic heterocycles. The molecule has 1 unspecified atom stereocenters. The highest BCUT2D eigenvalue weighted by Gasteiger charge is 2.30. The van der Waals surface area contributed by atoms with Gasteiger partial charge >= 0.3 is 5.97 Å². The predicted octanol–water partition coefficient (Wildman–Crippen LogP) is 0.142. The average Bonchev–Trinajstić information content (AvgIpc) is 2.91. The first kappa shape index (κ1) is 18.3. The van der Waals surface area contributed by atoms with Crippen molar-refractivity contribution in [3.05, 3.63) is 0 Å². The van der Waals surface area contributed by atoms with E-state index in [0.29, 0.717) is 6.54 Å². The van der Waals surface area contributed by atoms with Crippen molar-refractivity contribution in [2.45, 2.75) is 32.2 Å². The molecule has 8 heteroatoms. The average molecular weight is 321 g/mol. The van der Waals surface area contributed by atoms with Gasteiger partial charge in [-0.25, -0.2) is 0 Å². The molecule has 0 N–H and O–H groups in total. The van der Waals surface area contributed by atoms with E-state index in [2.05, 4.69) is 16.6 Å². The Morgan fingerprint density at radius 3 is 2.57 bits per heavy atom. The van der Waals surface area contributed by atoms with Crippen molar-refractivity contribution in [1.82, 2.24) is 13.5 Å². The summed E-state index contributed by atoms with van der Waals surface area (Å²) in [6.45, 7) is 4.68. The van der Waals surface area contributed by atoms with Crippen LogP contribution in [0.15, 0.2) is 0 Å². The summed E-state index contributed by atoms with van der Waals surface area (Å²) in [6, 6.07) is 0.281. The van der Waals surface area contributed by atoms with E-state index >= 15 is 0 Å². The van der Waals surface area contributed by atoms with Gasteiger partial charge in [0.2, 0.25) is 0 Å². The number of methoxy groups -OCH3 is 1. The quantitative estimate of drug-likeness (QED) is 0.595. The lowest BCUT2D eigenvalue weighted by molar-refractivity contribution is -0.140. The Kier molecular flexibility index (Phi) is 7.05. The Morgan fingerprint density at radius 2 is 2.00 bits per heavy atom. The molecule has 1 saturated heterocycles. The van der Waals surface area contributed by atoms with E-state index in [9.17, 15) is 13.2 Å². The Bertz CT molecular complexity index is 441. The van der Waals surface area contributed by atoms with Crippen molar-refractivity contribution < 1.29 is 17.9 Å². The van der Waals surface area contributed by atoms with Gasteiger partial charge in [-0.1, -0.05) is 6.92 Å². The van der Waals surface area contributed by atoms with E-state index < -0.39 is 16.2 Å². The highest BCUT2D eigenvalue weighted by molar-refractivity contribution is 7.86. The molecule has 1 rings (SSSR count). The van der Waals surface area contributed by atoms with Gasteiger partial charge in [-0.05, 0) is 25.9 Å². The maximum absolute atomic E-state index is 12.4. The summed E-state index contributed by atoms with van der Waals surface area (Å²) in [5, 5.41) is 0. The van der Waals surface area contributed by atoms with E-state index in [1.807, 2.05) is 0 Å². The van der Waals surface area contributed by atoms with Gasteiger partial charge in [0, 0.05) is 33.2 Å². The molecule has 1 atom stereocenters.